The second kappa shape index (κ2) is 10.6. The fraction of sp³-hybridized carbons (Fsp3) is 0.765. The predicted octanol–water partition coefficient (Wildman–Crippen LogP) is 6.79. The van der Waals surface area contributed by atoms with Gasteiger partial charge in [-0.25, -0.2) is 0 Å². The van der Waals surface area contributed by atoms with Crippen LogP contribution in [0.1, 0.15) is 82.4 Å². The standard InChI is InChI=1S/C15H26S.C2H6/c1-12(2)8-6-5-7-9-13(3)15-11-10-14(4)16-15;1-2/h10-13H,5-9H2,1-4H3;1-2H3. The van der Waals surface area contributed by atoms with Gasteiger partial charge >= 0.3 is 0 Å². The minimum absolute atomic E-state index is 0.762. The highest BCUT2D eigenvalue weighted by Crippen LogP contribution is 2.28. The zero-order valence-corrected chi connectivity index (χ0v) is 14.1. The van der Waals surface area contributed by atoms with Crippen LogP contribution in [0, 0.1) is 12.8 Å². The summed E-state index contributed by atoms with van der Waals surface area (Å²) in [5, 5.41) is 0. The van der Waals surface area contributed by atoms with E-state index in [4.69, 9.17) is 0 Å². The highest BCUT2D eigenvalue weighted by Gasteiger charge is 2.07. The van der Waals surface area contributed by atoms with Gasteiger partial charge in [0.05, 0.1) is 0 Å². The van der Waals surface area contributed by atoms with E-state index < -0.39 is 0 Å². The van der Waals surface area contributed by atoms with E-state index in [0.717, 1.165) is 11.8 Å². The molecule has 1 heterocycles. The van der Waals surface area contributed by atoms with Crippen LogP contribution in [0.3, 0.4) is 0 Å². The van der Waals surface area contributed by atoms with Crippen molar-refractivity contribution in [3.05, 3.63) is 21.9 Å². The van der Waals surface area contributed by atoms with E-state index in [0.29, 0.717) is 0 Å². The smallest absolute Gasteiger partial charge is 0.00762 e. The molecule has 0 saturated heterocycles. The van der Waals surface area contributed by atoms with Gasteiger partial charge in [-0.1, -0.05) is 60.3 Å². The number of aryl methyl sites for hydroxylation is 1. The second-order valence-electron chi connectivity index (χ2n) is 5.38. The van der Waals surface area contributed by atoms with Crippen LogP contribution in [0.25, 0.3) is 0 Å². The lowest BCUT2D eigenvalue weighted by Crippen LogP contribution is -1.91. The minimum atomic E-state index is 0.762. The molecule has 0 aliphatic heterocycles. The third-order valence-corrected chi connectivity index (χ3v) is 4.40. The monoisotopic (exact) mass is 268 g/mol. The highest BCUT2D eigenvalue weighted by molar-refractivity contribution is 7.12. The van der Waals surface area contributed by atoms with Crippen molar-refractivity contribution >= 4 is 11.3 Å². The summed E-state index contributed by atoms with van der Waals surface area (Å²) in [6.45, 7) is 13.2. The fourth-order valence-corrected chi connectivity index (χ4v) is 3.00. The van der Waals surface area contributed by atoms with Crippen LogP contribution >= 0.6 is 11.3 Å². The first-order valence-electron chi connectivity index (χ1n) is 7.66. The summed E-state index contributed by atoms with van der Waals surface area (Å²) >= 11 is 1.96. The first kappa shape index (κ1) is 17.7. The summed E-state index contributed by atoms with van der Waals surface area (Å²) in [4.78, 5) is 3.02. The number of hydrogen-bond donors (Lipinski definition) is 0. The Kier molecular flexibility index (Phi) is 10.4. The van der Waals surface area contributed by atoms with Gasteiger partial charge in [0.2, 0.25) is 0 Å². The average molecular weight is 269 g/mol. The molecule has 0 nitrogen and oxygen atoms in total. The highest BCUT2D eigenvalue weighted by atomic mass is 32.1. The number of unbranched alkanes of at least 4 members (excludes halogenated alkanes) is 2. The van der Waals surface area contributed by atoms with Crippen molar-refractivity contribution in [1.29, 1.82) is 0 Å². The van der Waals surface area contributed by atoms with E-state index in [1.165, 1.54) is 37.0 Å². The van der Waals surface area contributed by atoms with Crippen molar-refractivity contribution in [2.75, 3.05) is 0 Å². The number of hydrogen-bond acceptors (Lipinski definition) is 1. The van der Waals surface area contributed by atoms with Crippen LogP contribution in [-0.4, -0.2) is 0 Å². The summed E-state index contributed by atoms with van der Waals surface area (Å²) in [6.07, 6.45) is 6.97. The molecule has 0 aromatic carbocycles. The Morgan fingerprint density at radius 1 is 0.944 bits per heavy atom. The summed E-state index contributed by atoms with van der Waals surface area (Å²) in [6, 6.07) is 4.55. The maximum Gasteiger partial charge on any atom is 0.00762 e. The molecule has 1 aromatic rings. The molecule has 0 radical (unpaired) electrons. The third-order valence-electron chi connectivity index (χ3n) is 3.17. The van der Waals surface area contributed by atoms with E-state index in [9.17, 15) is 0 Å². The first-order chi connectivity index (χ1) is 8.59. The van der Waals surface area contributed by atoms with Crippen LogP contribution in [0.2, 0.25) is 0 Å². The van der Waals surface area contributed by atoms with Gasteiger partial charge in [-0.05, 0) is 37.3 Å². The Morgan fingerprint density at radius 3 is 2.06 bits per heavy atom. The molecule has 0 bridgehead atoms. The lowest BCUT2D eigenvalue weighted by atomic mass is 9.99. The largest absolute Gasteiger partial charge is 0.145 e. The summed E-state index contributed by atoms with van der Waals surface area (Å²) < 4.78 is 0. The molecule has 18 heavy (non-hydrogen) atoms. The first-order valence-corrected chi connectivity index (χ1v) is 8.47. The Hall–Kier alpha value is -0.300. The van der Waals surface area contributed by atoms with E-state index >= 15 is 0 Å². The quantitative estimate of drug-likeness (QED) is 0.477. The molecule has 0 amide bonds. The van der Waals surface area contributed by atoms with Gasteiger partial charge in [0, 0.05) is 9.75 Å². The van der Waals surface area contributed by atoms with Crippen LogP contribution in [0.5, 0.6) is 0 Å². The molecule has 1 atom stereocenters. The van der Waals surface area contributed by atoms with Crippen LogP contribution < -0.4 is 0 Å². The molecule has 1 rings (SSSR count). The van der Waals surface area contributed by atoms with Gasteiger partial charge in [0.15, 0.2) is 0 Å². The number of thiophene rings is 1. The molecule has 0 spiro atoms. The second-order valence-corrected chi connectivity index (χ2v) is 6.70. The molecular formula is C17H32S. The van der Waals surface area contributed by atoms with E-state index in [2.05, 4.69) is 39.8 Å². The van der Waals surface area contributed by atoms with Crippen LogP contribution in [0.15, 0.2) is 12.1 Å². The zero-order valence-electron chi connectivity index (χ0n) is 13.3. The Morgan fingerprint density at radius 2 is 1.56 bits per heavy atom. The maximum absolute atomic E-state index is 2.37. The molecule has 0 fully saturated rings. The third kappa shape index (κ3) is 7.92. The van der Waals surface area contributed by atoms with Crippen molar-refractivity contribution in [2.45, 2.75) is 79.6 Å². The zero-order chi connectivity index (χ0) is 14.0. The topological polar surface area (TPSA) is 0 Å². The van der Waals surface area contributed by atoms with Gasteiger partial charge in [-0.2, -0.15) is 0 Å². The molecule has 0 aliphatic carbocycles. The lowest BCUT2D eigenvalue weighted by Gasteiger charge is -2.09. The van der Waals surface area contributed by atoms with Crippen molar-refractivity contribution in [3.63, 3.8) is 0 Å². The SMILES string of the molecule is CC.Cc1ccc(C(C)CCCCCC(C)C)s1. The average Bonchev–Trinajstić information content (AvgIpc) is 2.77. The van der Waals surface area contributed by atoms with Gasteiger partial charge in [0.25, 0.3) is 0 Å². The summed E-state index contributed by atoms with van der Waals surface area (Å²) in [5.74, 6) is 1.63. The summed E-state index contributed by atoms with van der Waals surface area (Å²) in [5.41, 5.74) is 0. The predicted molar refractivity (Wildman–Crippen MR) is 86.7 cm³/mol. The Balaban J connectivity index is 0.00000137. The fourth-order valence-electron chi connectivity index (χ4n) is 2.04. The van der Waals surface area contributed by atoms with E-state index in [1.54, 1.807) is 4.88 Å². The molecule has 0 aliphatic rings. The molecule has 106 valence electrons. The molecule has 0 N–H and O–H groups in total. The van der Waals surface area contributed by atoms with Crippen molar-refractivity contribution in [2.24, 2.45) is 5.92 Å². The van der Waals surface area contributed by atoms with E-state index in [-0.39, 0.29) is 0 Å². The van der Waals surface area contributed by atoms with Crippen molar-refractivity contribution < 1.29 is 0 Å². The summed E-state index contributed by atoms with van der Waals surface area (Å²) in [7, 11) is 0. The Bertz CT molecular complexity index is 286. The van der Waals surface area contributed by atoms with Gasteiger partial charge in [0.1, 0.15) is 0 Å². The lowest BCUT2D eigenvalue weighted by molar-refractivity contribution is 0.509. The molecule has 1 aromatic heterocycles. The van der Waals surface area contributed by atoms with Crippen molar-refractivity contribution in [3.8, 4) is 0 Å². The molecular weight excluding hydrogens is 236 g/mol. The normalized spacial score (nSPS) is 12.2. The van der Waals surface area contributed by atoms with Crippen LogP contribution in [0.4, 0.5) is 0 Å². The number of rotatable bonds is 7. The van der Waals surface area contributed by atoms with Gasteiger partial charge in [-0.3, -0.25) is 0 Å². The van der Waals surface area contributed by atoms with E-state index in [1.807, 2.05) is 25.2 Å². The van der Waals surface area contributed by atoms with Crippen molar-refractivity contribution in [1.82, 2.24) is 0 Å². The van der Waals surface area contributed by atoms with Crippen LogP contribution in [-0.2, 0) is 0 Å². The maximum atomic E-state index is 2.37. The molecule has 1 heteroatoms. The minimum Gasteiger partial charge on any atom is -0.145 e. The molecule has 1 unspecified atom stereocenters. The Labute approximate surface area is 119 Å². The van der Waals surface area contributed by atoms with Gasteiger partial charge < -0.3 is 0 Å². The molecule has 0 saturated carbocycles. The van der Waals surface area contributed by atoms with Gasteiger partial charge in [-0.15, -0.1) is 11.3 Å².